The Balaban J connectivity index is 1.96. The maximum absolute atomic E-state index is 14.0. The summed E-state index contributed by atoms with van der Waals surface area (Å²) in [5, 5.41) is 0.852. The van der Waals surface area contributed by atoms with Crippen LogP contribution in [0.5, 0.6) is 17.2 Å². The highest BCUT2D eigenvalue weighted by Gasteiger charge is 2.20. The van der Waals surface area contributed by atoms with Gasteiger partial charge in [0.15, 0.2) is 5.75 Å². The largest absolute Gasteiger partial charge is 0.497 e. The van der Waals surface area contributed by atoms with E-state index < -0.39 is 0 Å². The predicted molar refractivity (Wildman–Crippen MR) is 167 cm³/mol. The standard InChI is InChI=1S/C35H47NO4/c1-6-7-8-9-10-14-23-36-32-25-30(38-5)20-21-31(32)33(39-24-22-28(4)17-15-16-27(2)3)34(35(36)37)40-26-29-18-12-11-13-19-29/h11-13,16,18-22,25H,6-10,14-15,17,23-24,26H2,1-5H3/b28-22+. The smallest absolute Gasteiger partial charge is 0.297 e. The lowest BCUT2D eigenvalue weighted by molar-refractivity contribution is 0.270. The minimum absolute atomic E-state index is 0.162. The number of pyridine rings is 1. The number of fused-ring (bicyclic) bond motifs is 1. The van der Waals surface area contributed by atoms with Crippen molar-refractivity contribution in [2.75, 3.05) is 13.7 Å². The number of unbranched alkanes of at least 4 members (excludes halogenated alkanes) is 5. The lowest BCUT2D eigenvalue weighted by atomic mass is 10.1. The second kappa shape index (κ2) is 16.6. The van der Waals surface area contributed by atoms with Crippen molar-refractivity contribution >= 4 is 10.9 Å². The monoisotopic (exact) mass is 545 g/mol. The van der Waals surface area contributed by atoms with Crippen LogP contribution < -0.4 is 19.8 Å². The van der Waals surface area contributed by atoms with Crippen molar-refractivity contribution < 1.29 is 14.2 Å². The van der Waals surface area contributed by atoms with Crippen LogP contribution in [0.1, 0.15) is 84.6 Å². The van der Waals surface area contributed by atoms with Gasteiger partial charge in [0.25, 0.3) is 5.56 Å². The van der Waals surface area contributed by atoms with Crippen LogP contribution in [0, 0.1) is 0 Å². The van der Waals surface area contributed by atoms with Crippen molar-refractivity contribution in [1.82, 2.24) is 4.57 Å². The molecule has 0 bridgehead atoms. The molecule has 0 aliphatic rings. The van der Waals surface area contributed by atoms with E-state index in [9.17, 15) is 4.79 Å². The highest BCUT2D eigenvalue weighted by atomic mass is 16.5. The molecule has 5 nitrogen and oxygen atoms in total. The number of rotatable bonds is 17. The zero-order chi connectivity index (χ0) is 28.7. The summed E-state index contributed by atoms with van der Waals surface area (Å²) in [4.78, 5) is 14.0. The average molecular weight is 546 g/mol. The maximum atomic E-state index is 14.0. The van der Waals surface area contributed by atoms with Gasteiger partial charge in [0, 0.05) is 18.0 Å². The summed E-state index contributed by atoms with van der Waals surface area (Å²) in [5.41, 5.74) is 4.23. The number of aryl methyl sites for hydroxylation is 1. The zero-order valence-electron chi connectivity index (χ0n) is 25.1. The Morgan fingerprint density at radius 1 is 0.875 bits per heavy atom. The fourth-order valence-electron chi connectivity index (χ4n) is 4.74. The van der Waals surface area contributed by atoms with Crippen molar-refractivity contribution in [2.45, 2.75) is 92.2 Å². The number of nitrogens with zero attached hydrogens (tertiary/aromatic N) is 1. The molecule has 0 spiro atoms. The molecule has 0 radical (unpaired) electrons. The fraction of sp³-hybridized carbons (Fsp3) is 0.457. The molecule has 0 aliphatic heterocycles. The van der Waals surface area contributed by atoms with E-state index in [2.05, 4.69) is 39.8 Å². The molecule has 0 saturated heterocycles. The molecular weight excluding hydrogens is 498 g/mol. The molecule has 5 heteroatoms. The fourth-order valence-corrected chi connectivity index (χ4v) is 4.74. The van der Waals surface area contributed by atoms with Crippen LogP contribution >= 0.6 is 0 Å². The first-order valence-electron chi connectivity index (χ1n) is 14.8. The van der Waals surface area contributed by atoms with Crippen molar-refractivity contribution in [1.29, 1.82) is 0 Å². The average Bonchev–Trinajstić information content (AvgIpc) is 2.95. The molecule has 2 aromatic carbocycles. The number of benzene rings is 2. The van der Waals surface area contributed by atoms with Crippen molar-refractivity contribution in [2.24, 2.45) is 0 Å². The molecule has 40 heavy (non-hydrogen) atoms. The summed E-state index contributed by atoms with van der Waals surface area (Å²) < 4.78 is 20.0. The highest BCUT2D eigenvalue weighted by molar-refractivity contribution is 5.89. The van der Waals surface area contributed by atoms with Crippen LogP contribution in [0.25, 0.3) is 10.9 Å². The van der Waals surface area contributed by atoms with Gasteiger partial charge < -0.3 is 18.8 Å². The van der Waals surface area contributed by atoms with Crippen LogP contribution in [-0.4, -0.2) is 18.3 Å². The van der Waals surface area contributed by atoms with Crippen molar-refractivity contribution in [3.63, 3.8) is 0 Å². The van der Waals surface area contributed by atoms with Crippen LogP contribution in [0.2, 0.25) is 0 Å². The Labute approximate surface area is 240 Å². The molecule has 3 aromatic rings. The van der Waals surface area contributed by atoms with E-state index in [1.165, 1.54) is 36.8 Å². The summed E-state index contributed by atoms with van der Waals surface area (Å²) in [6.45, 7) is 9.87. The summed E-state index contributed by atoms with van der Waals surface area (Å²) >= 11 is 0. The van der Waals surface area contributed by atoms with Crippen molar-refractivity contribution in [3.05, 3.63) is 87.7 Å². The van der Waals surface area contributed by atoms with Crippen LogP contribution in [0.4, 0.5) is 0 Å². The van der Waals surface area contributed by atoms with E-state index in [1.807, 2.05) is 53.1 Å². The number of allylic oxidation sites excluding steroid dienone is 3. The second-order valence-electron chi connectivity index (χ2n) is 10.7. The molecule has 0 saturated carbocycles. The van der Waals surface area contributed by atoms with E-state index in [-0.39, 0.29) is 11.3 Å². The third-order valence-electron chi connectivity index (χ3n) is 7.10. The van der Waals surface area contributed by atoms with Crippen LogP contribution in [-0.2, 0) is 13.2 Å². The van der Waals surface area contributed by atoms with Gasteiger partial charge in [-0.2, -0.15) is 0 Å². The van der Waals surface area contributed by atoms with Gasteiger partial charge in [-0.3, -0.25) is 4.79 Å². The SMILES string of the molecule is CCCCCCCCn1c(=O)c(OCc2ccccc2)c(OC/C=C(\C)CCC=C(C)C)c2ccc(OC)cc21. The Kier molecular flexibility index (Phi) is 12.9. The molecule has 0 fully saturated rings. The van der Waals surface area contributed by atoms with Crippen LogP contribution in [0.3, 0.4) is 0 Å². The topological polar surface area (TPSA) is 49.7 Å². The van der Waals surface area contributed by atoms with Gasteiger partial charge in [-0.15, -0.1) is 0 Å². The maximum Gasteiger partial charge on any atom is 0.297 e. The molecule has 3 rings (SSSR count). The molecular formula is C35H47NO4. The van der Waals surface area contributed by atoms with E-state index in [0.29, 0.717) is 31.3 Å². The van der Waals surface area contributed by atoms with Gasteiger partial charge >= 0.3 is 0 Å². The molecule has 0 N–H and O–H groups in total. The summed E-state index contributed by atoms with van der Waals surface area (Å²) in [7, 11) is 1.65. The Hall–Kier alpha value is -3.47. The van der Waals surface area contributed by atoms with E-state index >= 15 is 0 Å². The molecule has 0 atom stereocenters. The van der Waals surface area contributed by atoms with Gasteiger partial charge in [-0.1, -0.05) is 86.6 Å². The van der Waals surface area contributed by atoms with Gasteiger partial charge in [-0.25, -0.2) is 0 Å². The summed E-state index contributed by atoms with van der Waals surface area (Å²) in [5.74, 6) is 1.47. The summed E-state index contributed by atoms with van der Waals surface area (Å²) in [6, 6.07) is 15.7. The normalized spacial score (nSPS) is 11.5. The second-order valence-corrected chi connectivity index (χ2v) is 10.7. The Bertz CT molecular complexity index is 1320. The van der Waals surface area contributed by atoms with E-state index in [0.717, 1.165) is 42.1 Å². The molecule has 1 aromatic heterocycles. The van der Waals surface area contributed by atoms with Gasteiger partial charge in [-0.05, 0) is 63.8 Å². The quantitative estimate of drug-likeness (QED) is 0.125. The molecule has 216 valence electrons. The first-order valence-corrected chi connectivity index (χ1v) is 14.8. The zero-order valence-corrected chi connectivity index (χ0v) is 25.1. The number of aromatic nitrogens is 1. The minimum atomic E-state index is -0.162. The highest BCUT2D eigenvalue weighted by Crippen LogP contribution is 2.35. The number of hydrogen-bond donors (Lipinski definition) is 0. The Morgan fingerprint density at radius 3 is 2.35 bits per heavy atom. The van der Waals surface area contributed by atoms with E-state index in [1.54, 1.807) is 7.11 Å². The predicted octanol–water partition coefficient (Wildman–Crippen LogP) is 9.02. The molecule has 1 heterocycles. The minimum Gasteiger partial charge on any atom is -0.497 e. The van der Waals surface area contributed by atoms with Gasteiger partial charge in [0.1, 0.15) is 19.0 Å². The summed E-state index contributed by atoms with van der Waals surface area (Å²) in [6.07, 6.45) is 13.2. The molecule has 0 unspecified atom stereocenters. The third kappa shape index (κ3) is 9.32. The lowest BCUT2D eigenvalue weighted by Gasteiger charge is -2.19. The van der Waals surface area contributed by atoms with Gasteiger partial charge in [0.05, 0.1) is 12.6 Å². The first-order chi connectivity index (χ1) is 19.4. The van der Waals surface area contributed by atoms with E-state index in [4.69, 9.17) is 14.2 Å². The molecule has 0 aliphatic carbocycles. The Morgan fingerprint density at radius 2 is 1.62 bits per heavy atom. The first kappa shape index (κ1) is 31.1. The lowest BCUT2D eigenvalue weighted by Crippen LogP contribution is -2.24. The third-order valence-corrected chi connectivity index (χ3v) is 7.10. The number of methoxy groups -OCH3 is 1. The number of hydrogen-bond acceptors (Lipinski definition) is 4. The van der Waals surface area contributed by atoms with Gasteiger partial charge in [0.2, 0.25) is 5.75 Å². The number of ether oxygens (including phenoxy) is 3. The van der Waals surface area contributed by atoms with Crippen molar-refractivity contribution in [3.8, 4) is 17.2 Å². The molecule has 0 amide bonds. The van der Waals surface area contributed by atoms with Crippen LogP contribution in [0.15, 0.2) is 76.6 Å².